The van der Waals surface area contributed by atoms with Crippen LogP contribution in [-0.2, 0) is 20.9 Å². The fourth-order valence-corrected chi connectivity index (χ4v) is 22.4. The topological polar surface area (TPSA) is 198 Å². The van der Waals surface area contributed by atoms with Crippen LogP contribution in [0.15, 0.2) is 53.6 Å². The maximum absolute atomic E-state index is 16.3. The molecule has 6 saturated carbocycles. The molecule has 0 radical (unpaired) electrons. The molecule has 8 aliphatic carbocycles. The van der Waals surface area contributed by atoms with Crippen LogP contribution >= 0.6 is 0 Å². The first kappa shape index (κ1) is 56.3. The Bertz CT molecular complexity index is 2650. The summed E-state index contributed by atoms with van der Waals surface area (Å²) in [4.78, 5) is 32.4. The molecule has 10 aliphatic rings. The van der Waals surface area contributed by atoms with Gasteiger partial charge in [0.1, 0.15) is 17.6 Å². The molecule has 4 bridgehead atoms. The largest absolute Gasteiger partial charge is 0.508 e. The highest BCUT2D eigenvalue weighted by atomic mass is 16.6. The zero-order valence-electron chi connectivity index (χ0n) is 48.8. The second kappa shape index (κ2) is 21.2. The summed E-state index contributed by atoms with van der Waals surface area (Å²) in [5.74, 6) is 1.37. The molecule has 2 heterocycles. The highest BCUT2D eigenvalue weighted by molar-refractivity contribution is 6.01. The van der Waals surface area contributed by atoms with E-state index in [1.54, 1.807) is 0 Å². The fraction of sp³-hybridized carbons (Fsp3) is 0.765. The van der Waals surface area contributed by atoms with Crippen molar-refractivity contribution < 1.29 is 39.9 Å². The van der Waals surface area contributed by atoms with Gasteiger partial charge in [-0.15, -0.1) is 0 Å². The van der Waals surface area contributed by atoms with Crippen LogP contribution in [0, 0.1) is 74.9 Å². The van der Waals surface area contributed by atoms with E-state index in [2.05, 4.69) is 49.6 Å². The van der Waals surface area contributed by atoms with Crippen LogP contribution in [0.1, 0.15) is 204 Å². The summed E-state index contributed by atoms with van der Waals surface area (Å²) in [5.41, 5.74) is 8.81. The van der Waals surface area contributed by atoms with Crippen molar-refractivity contribution >= 4 is 17.3 Å². The number of carbonyl (C=O) groups is 2. The number of nitrogen functional groups attached to an aromatic ring is 1. The standard InChI is InChI=1S/C68H99N3O8/c1-63(78)25-9-10-26-64(2)60-55(71-39-63)34-68-46(38-73)22-21-42-20-19-40(37-72)29-50(42)51(32-56(75)62-66(4,79-62)53-18-12-17-49(53)43-13-11-16-47(69)30-43)59-54(65(68,3)35-57(59)76)23-24-58(68)67(60,45-14-7-6-8-15-45)33-52(61(64)77)44-27-41(36-70-5)28-48(74)31-44/h11,13,16,27-28,30-31,40,42,45-46,49-53,55-56,58,60,62,70-75,78H,6-10,12,14-15,17-26,29,32-39,69H2,1-5H3/t40-,42-,46-,49+,50-,51-,52-,53-,55-,56+,58+,60-,62+,63+,64+,65-,66+,67+,68+/m0/s1. The van der Waals surface area contributed by atoms with Gasteiger partial charge in [0, 0.05) is 61.2 Å². The maximum Gasteiger partial charge on any atom is 0.160 e. The van der Waals surface area contributed by atoms with E-state index in [0.29, 0.717) is 56.4 Å². The summed E-state index contributed by atoms with van der Waals surface area (Å²) in [6.45, 7) is 10.1. The van der Waals surface area contributed by atoms with E-state index in [0.717, 1.165) is 138 Å². The number of fused-ring (bicyclic) bond motifs is 2. The number of nitrogens with two attached hydrogens (primary N) is 1. The summed E-state index contributed by atoms with van der Waals surface area (Å²) >= 11 is 0. The minimum Gasteiger partial charge on any atom is -0.508 e. The van der Waals surface area contributed by atoms with E-state index in [9.17, 15) is 25.5 Å². The average molecular weight is 1090 g/mol. The van der Waals surface area contributed by atoms with Crippen LogP contribution in [0.2, 0.25) is 0 Å². The number of nitrogens with one attached hydrogen (secondary N) is 2. The molecule has 9 N–H and O–H groups in total. The molecule has 0 amide bonds. The highest BCUT2D eigenvalue weighted by Gasteiger charge is 2.77. The first-order chi connectivity index (χ1) is 37.9. The number of carbonyl (C=O) groups excluding carboxylic acids is 2. The zero-order chi connectivity index (χ0) is 55.4. The van der Waals surface area contributed by atoms with Crippen molar-refractivity contribution in [1.82, 2.24) is 10.6 Å². The molecule has 11 heteroatoms. The van der Waals surface area contributed by atoms with Crippen LogP contribution in [0.3, 0.4) is 0 Å². The van der Waals surface area contributed by atoms with Crippen LogP contribution in [0.25, 0.3) is 0 Å². The van der Waals surface area contributed by atoms with Gasteiger partial charge in [-0.25, -0.2) is 0 Å². The third kappa shape index (κ3) is 9.10. The lowest BCUT2D eigenvalue weighted by atomic mass is 9.29. The number of anilines is 1. The third-order valence-electron chi connectivity index (χ3n) is 25.5. The molecule has 2 aromatic carbocycles. The van der Waals surface area contributed by atoms with E-state index < -0.39 is 39.5 Å². The number of ketones is 2. The van der Waals surface area contributed by atoms with Gasteiger partial charge in [-0.2, -0.15) is 0 Å². The average Bonchev–Trinajstić information content (AvgIpc) is 2.06. The van der Waals surface area contributed by atoms with Crippen LogP contribution in [-0.4, -0.2) is 93.4 Å². The van der Waals surface area contributed by atoms with E-state index in [1.807, 2.05) is 38.2 Å². The molecule has 12 rings (SSSR count). The number of hydrogen-bond donors (Lipinski definition) is 8. The number of benzene rings is 2. The molecular formula is C68H99N3O8. The highest BCUT2D eigenvalue weighted by Crippen LogP contribution is 2.80. The number of aromatic hydroxyl groups is 1. The summed E-state index contributed by atoms with van der Waals surface area (Å²) < 4.78 is 6.83. The van der Waals surface area contributed by atoms with Crippen molar-refractivity contribution in [2.45, 2.75) is 223 Å². The molecule has 434 valence electrons. The number of phenols is 1. The van der Waals surface area contributed by atoms with Crippen LogP contribution in [0.5, 0.6) is 5.75 Å². The predicted molar refractivity (Wildman–Crippen MR) is 309 cm³/mol. The van der Waals surface area contributed by atoms with Crippen molar-refractivity contribution in [3.63, 3.8) is 0 Å². The van der Waals surface area contributed by atoms with E-state index in [4.69, 9.17) is 10.5 Å². The van der Waals surface area contributed by atoms with Gasteiger partial charge in [0.2, 0.25) is 0 Å². The second-order valence-electron chi connectivity index (χ2n) is 29.5. The van der Waals surface area contributed by atoms with Crippen LogP contribution in [0.4, 0.5) is 5.69 Å². The lowest BCUT2D eigenvalue weighted by Gasteiger charge is -2.75. The van der Waals surface area contributed by atoms with E-state index >= 15 is 9.59 Å². The van der Waals surface area contributed by atoms with Gasteiger partial charge in [0.05, 0.1) is 17.3 Å². The van der Waals surface area contributed by atoms with Gasteiger partial charge in [0.25, 0.3) is 0 Å². The molecule has 8 fully saturated rings. The number of epoxide rings is 1. The summed E-state index contributed by atoms with van der Waals surface area (Å²) in [6.07, 6.45) is 19.1. The Morgan fingerprint density at radius 2 is 1.63 bits per heavy atom. The molecule has 11 nitrogen and oxygen atoms in total. The summed E-state index contributed by atoms with van der Waals surface area (Å²) in [7, 11) is 1.92. The first-order valence-corrected chi connectivity index (χ1v) is 32.0. The summed E-state index contributed by atoms with van der Waals surface area (Å²) in [6, 6.07) is 14.0. The smallest absolute Gasteiger partial charge is 0.160 e. The number of allylic oxidation sites excluding steroid dienone is 2. The van der Waals surface area contributed by atoms with Crippen molar-refractivity contribution in [2.75, 3.05) is 32.5 Å². The lowest BCUT2D eigenvalue weighted by molar-refractivity contribution is -0.250. The Kier molecular flexibility index (Phi) is 15.1. The van der Waals surface area contributed by atoms with E-state index in [1.165, 1.54) is 17.6 Å². The molecular weight excluding hydrogens is 987 g/mol. The number of β-amino-alcohol motifs (C(OH)–C–C–N with tert-alkyl or cyclic N) is 1. The molecule has 2 aliphatic heterocycles. The molecule has 19 atom stereocenters. The quantitative estimate of drug-likeness (QED) is 0.0787. The van der Waals surface area contributed by atoms with Gasteiger partial charge in [-0.05, 0) is 240 Å². The number of rotatable bonds is 11. The molecule has 0 unspecified atom stereocenters. The number of ether oxygens (including phenoxy) is 1. The van der Waals surface area contributed by atoms with Crippen molar-refractivity contribution in [3.8, 4) is 5.75 Å². The van der Waals surface area contributed by atoms with Crippen molar-refractivity contribution in [1.29, 1.82) is 0 Å². The monoisotopic (exact) mass is 1090 g/mol. The molecule has 79 heavy (non-hydrogen) atoms. The Morgan fingerprint density at radius 3 is 2.39 bits per heavy atom. The molecule has 2 aromatic rings. The number of phenolic OH excluding ortho intramolecular Hbond substituents is 1. The van der Waals surface area contributed by atoms with Gasteiger partial charge >= 0.3 is 0 Å². The van der Waals surface area contributed by atoms with Gasteiger partial charge in [-0.3, -0.25) is 9.59 Å². The molecule has 0 aromatic heterocycles. The third-order valence-corrected chi connectivity index (χ3v) is 25.5. The Morgan fingerprint density at radius 1 is 0.848 bits per heavy atom. The van der Waals surface area contributed by atoms with E-state index in [-0.39, 0.29) is 89.7 Å². The predicted octanol–water partition coefficient (Wildman–Crippen LogP) is 10.8. The minimum absolute atomic E-state index is 0.0203. The molecule has 2 saturated heterocycles. The maximum atomic E-state index is 16.3. The SMILES string of the molecule is CNCc1cc(O)cc([C@@H]2C[C@@]3(C4CCCCC4)[C@H]4CCC5=C6C(=O)C[C@]5(C)[C@]4(C[C@@H]4NC[C@](C)(O)CCCC[C@@](C)(C2=O)[C@H]43)[C@H](CO)CC[C@@H]2CC[C@H](CO)C[C@@H]2[C@@H]6C[C@@H](O)[C@H]2O[C@]2(C)[C@H]2CCC[C@@H]2c2cccc(N)c2)c1. The number of Topliss-reactive ketones (excluding diaryl/α,β-unsaturated/α-hetero) is 2. The van der Waals surface area contributed by atoms with Gasteiger partial charge in [0.15, 0.2) is 5.78 Å². The fourth-order valence-electron chi connectivity index (χ4n) is 22.4. The van der Waals surface area contributed by atoms with Crippen molar-refractivity contribution in [2.24, 2.45) is 74.9 Å². The number of aliphatic hydroxyl groups excluding tert-OH is 3. The molecule has 1 spiro atoms. The van der Waals surface area contributed by atoms with Gasteiger partial charge in [-0.1, -0.05) is 76.1 Å². The zero-order valence-corrected chi connectivity index (χ0v) is 48.8. The summed E-state index contributed by atoms with van der Waals surface area (Å²) in [5, 5.41) is 67.6. The van der Waals surface area contributed by atoms with Crippen molar-refractivity contribution in [3.05, 3.63) is 70.3 Å². The minimum atomic E-state index is -0.945. The second-order valence-corrected chi connectivity index (χ2v) is 29.5. The van der Waals surface area contributed by atoms with Gasteiger partial charge < -0.3 is 46.6 Å². The first-order valence-electron chi connectivity index (χ1n) is 32.0. The number of hydrogen-bond acceptors (Lipinski definition) is 11. The Labute approximate surface area is 472 Å². The van der Waals surface area contributed by atoms with Crippen LogP contribution < -0.4 is 16.4 Å². The lowest BCUT2D eigenvalue weighted by Crippen LogP contribution is -2.75. The Hall–Kier alpha value is -3.16. The normalized spacial score (nSPS) is 44.8. The number of aliphatic hydroxyl groups is 4. The Balaban J connectivity index is 1.02.